The third-order valence-corrected chi connectivity index (χ3v) is 5.78. The van der Waals surface area contributed by atoms with Crippen molar-refractivity contribution in [1.29, 1.82) is 0 Å². The van der Waals surface area contributed by atoms with Crippen LogP contribution in [0.4, 0.5) is 4.39 Å². The molecule has 4 heterocycles. The average Bonchev–Trinajstić information content (AvgIpc) is 3.04. The summed E-state index contributed by atoms with van der Waals surface area (Å²) >= 11 is 0. The first-order valence-corrected chi connectivity index (χ1v) is 9.11. The van der Waals surface area contributed by atoms with E-state index in [0.29, 0.717) is 24.3 Å². The van der Waals surface area contributed by atoms with E-state index in [4.69, 9.17) is 19.9 Å². The molecule has 0 unspecified atom stereocenters. The van der Waals surface area contributed by atoms with Crippen LogP contribution < -0.4 is 15.5 Å². The van der Waals surface area contributed by atoms with Gasteiger partial charge in [0.2, 0.25) is 5.95 Å². The second-order valence-electron chi connectivity index (χ2n) is 7.57. The van der Waals surface area contributed by atoms with Crippen molar-refractivity contribution >= 4 is 6.02 Å². The predicted molar refractivity (Wildman–Crippen MR) is 95.4 cm³/mol. The molecule has 1 aromatic carbocycles. The molecule has 3 N–H and O–H groups in total. The molecule has 1 fully saturated rings. The molecule has 1 spiro atoms. The number of rotatable bonds is 1. The van der Waals surface area contributed by atoms with E-state index in [9.17, 15) is 4.39 Å². The van der Waals surface area contributed by atoms with Crippen molar-refractivity contribution in [1.82, 2.24) is 4.98 Å². The van der Waals surface area contributed by atoms with Gasteiger partial charge >= 0.3 is 6.02 Å². The summed E-state index contributed by atoms with van der Waals surface area (Å²) in [4.78, 5) is 7.06. The van der Waals surface area contributed by atoms with E-state index in [0.717, 1.165) is 24.2 Å². The number of hydrogen-bond donors (Lipinski definition) is 2. The third kappa shape index (κ3) is 2.34. The maximum absolute atomic E-state index is 14.2. The van der Waals surface area contributed by atoms with Crippen LogP contribution in [0.1, 0.15) is 25.3 Å². The van der Waals surface area contributed by atoms with Gasteiger partial charge in [0.05, 0.1) is 0 Å². The predicted octanol–water partition coefficient (Wildman–Crippen LogP) is 0.839. The van der Waals surface area contributed by atoms with Gasteiger partial charge in [0.15, 0.2) is 5.54 Å². The van der Waals surface area contributed by atoms with E-state index in [1.165, 1.54) is 6.20 Å². The Labute approximate surface area is 156 Å². The van der Waals surface area contributed by atoms with Gasteiger partial charge < -0.3 is 14.2 Å². The van der Waals surface area contributed by atoms with E-state index in [1.54, 1.807) is 12.1 Å². The number of nitrogens with one attached hydrogen (secondary N) is 1. The van der Waals surface area contributed by atoms with Crippen LogP contribution in [0.2, 0.25) is 0 Å². The van der Waals surface area contributed by atoms with E-state index in [-0.39, 0.29) is 12.1 Å². The molecule has 3 atom stereocenters. The Morgan fingerprint density at radius 2 is 2.22 bits per heavy atom. The van der Waals surface area contributed by atoms with E-state index < -0.39 is 17.1 Å². The van der Waals surface area contributed by atoms with Gasteiger partial charge in [-0.15, -0.1) is 0 Å². The molecule has 6 nitrogen and oxygen atoms in total. The molecule has 3 aliphatic heterocycles. The largest absolute Gasteiger partial charge is 0.484 e. The standard InChI is InChI=1S/C20H20FN3O3/c1-19-7-3-9-25-17(19)20(11-26-18(22)24-20)14-10-12(5-6-15(14)27-19)13-4-2-8-23-16(13)21/h2,4-6,8,10,17H,3,7,9,11H2,1H3,(H2,22,24)/p+1/t17-,19-,20+/m1/s1. The monoisotopic (exact) mass is 370 g/mol. The van der Waals surface area contributed by atoms with Crippen LogP contribution in [0.15, 0.2) is 36.5 Å². The summed E-state index contributed by atoms with van der Waals surface area (Å²) in [5.41, 5.74) is 6.79. The van der Waals surface area contributed by atoms with Crippen LogP contribution in [0.5, 0.6) is 5.75 Å². The first-order chi connectivity index (χ1) is 13.0. The van der Waals surface area contributed by atoms with E-state index in [1.807, 2.05) is 18.2 Å². The molecule has 0 aliphatic carbocycles. The lowest BCUT2D eigenvalue weighted by molar-refractivity contribution is -0.578. The Hall–Kier alpha value is -2.67. The molecular formula is C20H21FN3O3+. The number of ether oxygens (including phenoxy) is 3. The van der Waals surface area contributed by atoms with Crippen molar-refractivity contribution in [2.24, 2.45) is 5.73 Å². The average molecular weight is 370 g/mol. The number of fused-ring (bicyclic) bond motifs is 4. The number of hydrogen-bond acceptors (Lipinski definition) is 5. The normalized spacial score (nSPS) is 31.5. The van der Waals surface area contributed by atoms with Crippen molar-refractivity contribution in [3.05, 3.63) is 48.0 Å². The Balaban J connectivity index is 1.71. The number of nitrogens with zero attached hydrogens (tertiary/aromatic N) is 1. The zero-order valence-electron chi connectivity index (χ0n) is 15.0. The van der Waals surface area contributed by atoms with Crippen LogP contribution in [0.25, 0.3) is 11.1 Å². The third-order valence-electron chi connectivity index (χ3n) is 5.78. The summed E-state index contributed by atoms with van der Waals surface area (Å²) in [6, 6.07) is 9.34. The van der Waals surface area contributed by atoms with Gasteiger partial charge in [-0.05, 0) is 49.6 Å². The second kappa shape index (κ2) is 5.66. The molecule has 2 aromatic rings. The molecule has 0 radical (unpaired) electrons. The van der Waals surface area contributed by atoms with Crippen molar-refractivity contribution in [3.8, 4) is 16.9 Å². The summed E-state index contributed by atoms with van der Waals surface area (Å²) in [6.45, 7) is 3.04. The van der Waals surface area contributed by atoms with Gasteiger partial charge in [0.1, 0.15) is 24.1 Å². The van der Waals surface area contributed by atoms with Gasteiger partial charge in [0, 0.05) is 23.9 Å². The Morgan fingerprint density at radius 3 is 3.00 bits per heavy atom. The second-order valence-corrected chi connectivity index (χ2v) is 7.57. The summed E-state index contributed by atoms with van der Waals surface area (Å²) in [7, 11) is 0. The van der Waals surface area contributed by atoms with E-state index >= 15 is 0 Å². The van der Waals surface area contributed by atoms with Gasteiger partial charge in [0.25, 0.3) is 0 Å². The zero-order valence-corrected chi connectivity index (χ0v) is 15.0. The highest BCUT2D eigenvalue weighted by Gasteiger charge is 2.62. The summed E-state index contributed by atoms with van der Waals surface area (Å²) < 4.78 is 32.4. The van der Waals surface area contributed by atoms with Gasteiger partial charge in [-0.2, -0.15) is 4.39 Å². The highest BCUT2D eigenvalue weighted by Crippen LogP contribution is 2.48. The van der Waals surface area contributed by atoms with Crippen LogP contribution in [-0.2, 0) is 15.0 Å². The van der Waals surface area contributed by atoms with Crippen molar-refractivity contribution in [2.75, 3.05) is 13.2 Å². The molecule has 1 saturated heterocycles. The summed E-state index contributed by atoms with van der Waals surface area (Å²) in [6.07, 6.45) is 2.96. The molecule has 7 heteroatoms. The molecule has 140 valence electrons. The minimum Gasteiger partial charge on any atom is -0.484 e. The molecule has 3 aliphatic rings. The van der Waals surface area contributed by atoms with Crippen molar-refractivity contribution < 1.29 is 23.6 Å². The lowest BCUT2D eigenvalue weighted by atomic mass is 9.72. The minimum atomic E-state index is -0.679. The number of pyridine rings is 1. The Morgan fingerprint density at radius 1 is 1.33 bits per heavy atom. The highest BCUT2D eigenvalue weighted by atomic mass is 19.1. The fraction of sp³-hybridized carbons (Fsp3) is 0.400. The number of halogens is 1. The van der Waals surface area contributed by atoms with Gasteiger partial charge in [-0.1, -0.05) is 6.07 Å². The number of aromatic nitrogens is 1. The molecule has 0 saturated carbocycles. The molecule has 5 rings (SSSR count). The number of nitrogens with two attached hydrogens (primary N) is 1. The quantitative estimate of drug-likeness (QED) is 0.727. The Bertz CT molecular complexity index is 950. The van der Waals surface area contributed by atoms with Crippen LogP contribution in [-0.4, -0.2) is 35.9 Å². The van der Waals surface area contributed by atoms with Crippen molar-refractivity contribution in [3.63, 3.8) is 0 Å². The SMILES string of the molecule is C[C@@]12CCCO[C@H]1[C@]1(COC(N)=[NH+]1)c1cc(-c3cccnc3F)ccc1O2. The zero-order chi connectivity index (χ0) is 18.6. The van der Waals surface area contributed by atoms with Crippen LogP contribution in [0, 0.1) is 5.95 Å². The first-order valence-electron chi connectivity index (χ1n) is 9.11. The minimum absolute atomic E-state index is 0.261. The molecule has 0 amide bonds. The molecule has 1 aromatic heterocycles. The molecular weight excluding hydrogens is 349 g/mol. The lowest BCUT2D eigenvalue weighted by Crippen LogP contribution is -2.91. The van der Waals surface area contributed by atoms with Gasteiger partial charge in [-0.3, -0.25) is 5.73 Å². The fourth-order valence-electron chi connectivity index (χ4n) is 4.60. The maximum Gasteiger partial charge on any atom is 0.440 e. The summed E-state index contributed by atoms with van der Waals surface area (Å²) in [5.74, 6) is 0.224. The smallest absolute Gasteiger partial charge is 0.440 e. The lowest BCUT2D eigenvalue weighted by Gasteiger charge is -2.50. The van der Waals surface area contributed by atoms with Crippen LogP contribution >= 0.6 is 0 Å². The highest BCUT2D eigenvalue weighted by molar-refractivity contribution is 5.69. The van der Waals surface area contributed by atoms with E-state index in [2.05, 4.69) is 16.9 Å². The number of benzene rings is 1. The first kappa shape index (κ1) is 16.5. The van der Waals surface area contributed by atoms with Crippen LogP contribution in [0.3, 0.4) is 0 Å². The molecule has 27 heavy (non-hydrogen) atoms. The van der Waals surface area contributed by atoms with Gasteiger partial charge in [-0.25, -0.2) is 9.98 Å². The fourth-order valence-corrected chi connectivity index (χ4v) is 4.60. The maximum atomic E-state index is 14.2. The topological polar surface area (TPSA) is 80.6 Å². The number of amidine groups is 1. The molecule has 0 bridgehead atoms. The van der Waals surface area contributed by atoms with Crippen molar-refractivity contribution in [2.45, 2.75) is 37.0 Å². The summed E-state index contributed by atoms with van der Waals surface area (Å²) in [5, 5.41) is 0. The Kier molecular flexibility index (Phi) is 3.46.